The maximum atomic E-state index is 9.80. The number of hydrogen-bond donors (Lipinski definition) is 2. The molecule has 2 aromatic rings. The van der Waals surface area contributed by atoms with E-state index in [0.717, 1.165) is 11.1 Å². The van der Waals surface area contributed by atoms with Crippen LogP contribution in [0.1, 0.15) is 22.3 Å². The van der Waals surface area contributed by atoms with Crippen LogP contribution in [0.3, 0.4) is 0 Å². The summed E-state index contributed by atoms with van der Waals surface area (Å²) < 4.78 is 0. The number of hydrogen-bond acceptors (Lipinski definition) is 4. The molecule has 0 fully saturated rings. The molecule has 0 aliphatic carbocycles. The van der Waals surface area contributed by atoms with Gasteiger partial charge >= 0.3 is 0 Å². The summed E-state index contributed by atoms with van der Waals surface area (Å²) in [6.45, 7) is 3.89. The van der Waals surface area contributed by atoms with Crippen molar-refractivity contribution in [3.8, 4) is 34.8 Å². The normalized spacial score (nSPS) is 9.80. The van der Waals surface area contributed by atoms with Gasteiger partial charge in [-0.3, -0.25) is 0 Å². The summed E-state index contributed by atoms with van der Waals surface area (Å²) in [6.07, 6.45) is 0. The number of aryl methyl sites for hydroxylation is 2. The van der Waals surface area contributed by atoms with E-state index in [1.54, 1.807) is 6.07 Å². The van der Waals surface area contributed by atoms with E-state index in [4.69, 9.17) is 0 Å². The van der Waals surface area contributed by atoms with Crippen LogP contribution in [-0.2, 0) is 0 Å². The quantitative estimate of drug-likeness (QED) is 0.774. The van der Waals surface area contributed by atoms with Gasteiger partial charge in [-0.15, -0.1) is 0 Å². The van der Waals surface area contributed by atoms with Gasteiger partial charge in [-0.2, -0.15) is 10.5 Å². The predicted molar refractivity (Wildman–Crippen MR) is 74.1 cm³/mol. The van der Waals surface area contributed by atoms with Gasteiger partial charge in [0.05, 0.1) is 11.6 Å². The standard InChI is InChI=1S/C16H12N2O2/c1-9-3-4-11(5-10(9)2)15-12(7-17)6-14(19)16(20)13(15)8-18/h3-6,19-20H,1-2H3. The molecule has 0 aliphatic heterocycles. The molecule has 0 amide bonds. The average Bonchev–Trinajstić information content (AvgIpc) is 2.44. The van der Waals surface area contributed by atoms with Crippen LogP contribution >= 0.6 is 0 Å². The largest absolute Gasteiger partial charge is 0.504 e. The number of phenols is 2. The third-order valence-electron chi connectivity index (χ3n) is 3.31. The molecule has 0 aliphatic rings. The Bertz CT molecular complexity index is 781. The number of aromatic hydroxyl groups is 2. The molecular formula is C16H12N2O2. The molecule has 4 heteroatoms. The Labute approximate surface area is 116 Å². The predicted octanol–water partition coefficient (Wildman–Crippen LogP) is 3.13. The van der Waals surface area contributed by atoms with Gasteiger partial charge in [-0.25, -0.2) is 0 Å². The topological polar surface area (TPSA) is 88.0 Å². The van der Waals surface area contributed by atoms with Gasteiger partial charge in [0, 0.05) is 11.6 Å². The molecule has 0 saturated heterocycles. The van der Waals surface area contributed by atoms with Crippen molar-refractivity contribution in [2.24, 2.45) is 0 Å². The first-order chi connectivity index (χ1) is 9.49. The van der Waals surface area contributed by atoms with Crippen molar-refractivity contribution < 1.29 is 10.2 Å². The SMILES string of the molecule is Cc1ccc(-c2c(C#N)cc(O)c(O)c2C#N)cc1C. The number of benzene rings is 2. The van der Waals surface area contributed by atoms with Crippen LogP contribution in [0.5, 0.6) is 11.5 Å². The van der Waals surface area contributed by atoms with Gasteiger partial charge in [0.25, 0.3) is 0 Å². The number of phenolic OH excluding ortho intramolecular Hbond substituents is 2. The molecule has 0 radical (unpaired) electrons. The monoisotopic (exact) mass is 264 g/mol. The summed E-state index contributed by atoms with van der Waals surface area (Å²) in [5.41, 5.74) is 3.17. The average molecular weight is 264 g/mol. The lowest BCUT2D eigenvalue weighted by atomic mass is 9.92. The Morgan fingerprint density at radius 1 is 0.950 bits per heavy atom. The van der Waals surface area contributed by atoms with Crippen molar-refractivity contribution in [1.29, 1.82) is 10.5 Å². The molecule has 0 unspecified atom stereocenters. The highest BCUT2D eigenvalue weighted by Crippen LogP contribution is 2.39. The second kappa shape index (κ2) is 4.95. The van der Waals surface area contributed by atoms with E-state index in [-0.39, 0.29) is 11.1 Å². The highest BCUT2D eigenvalue weighted by Gasteiger charge is 2.19. The minimum absolute atomic E-state index is 0.0928. The molecule has 0 aromatic heterocycles. The van der Waals surface area contributed by atoms with Crippen LogP contribution in [0.25, 0.3) is 11.1 Å². The van der Waals surface area contributed by atoms with Crippen molar-refractivity contribution in [3.63, 3.8) is 0 Å². The molecule has 0 saturated carbocycles. The Kier molecular flexibility index (Phi) is 3.33. The first-order valence-corrected chi connectivity index (χ1v) is 5.96. The van der Waals surface area contributed by atoms with Crippen LogP contribution < -0.4 is 0 Å². The van der Waals surface area contributed by atoms with Crippen molar-refractivity contribution in [2.75, 3.05) is 0 Å². The number of rotatable bonds is 1. The van der Waals surface area contributed by atoms with E-state index in [2.05, 4.69) is 0 Å². The van der Waals surface area contributed by atoms with Crippen LogP contribution in [0, 0.1) is 36.5 Å². The smallest absolute Gasteiger partial charge is 0.176 e. The van der Waals surface area contributed by atoms with Gasteiger partial charge < -0.3 is 10.2 Å². The summed E-state index contributed by atoms with van der Waals surface area (Å²) in [4.78, 5) is 0. The summed E-state index contributed by atoms with van der Waals surface area (Å²) in [7, 11) is 0. The fourth-order valence-corrected chi connectivity index (χ4v) is 2.05. The highest BCUT2D eigenvalue weighted by atomic mass is 16.3. The Morgan fingerprint density at radius 3 is 2.20 bits per heavy atom. The van der Waals surface area contributed by atoms with Crippen molar-refractivity contribution in [1.82, 2.24) is 0 Å². The van der Waals surface area contributed by atoms with E-state index in [1.807, 2.05) is 38.1 Å². The minimum atomic E-state index is -0.500. The first-order valence-electron chi connectivity index (χ1n) is 5.96. The summed E-state index contributed by atoms with van der Waals surface area (Å²) in [5, 5.41) is 37.7. The third-order valence-corrected chi connectivity index (χ3v) is 3.31. The van der Waals surface area contributed by atoms with Crippen molar-refractivity contribution in [3.05, 3.63) is 46.5 Å². The van der Waals surface area contributed by atoms with Gasteiger partial charge in [0.2, 0.25) is 0 Å². The first kappa shape index (κ1) is 13.5. The van der Waals surface area contributed by atoms with E-state index in [0.29, 0.717) is 11.1 Å². The second-order valence-corrected chi connectivity index (χ2v) is 4.56. The molecule has 20 heavy (non-hydrogen) atoms. The summed E-state index contributed by atoms with van der Waals surface area (Å²) >= 11 is 0. The zero-order chi connectivity index (χ0) is 14.9. The summed E-state index contributed by atoms with van der Waals surface area (Å²) in [6, 6.07) is 10.5. The van der Waals surface area contributed by atoms with Crippen molar-refractivity contribution in [2.45, 2.75) is 13.8 Å². The molecule has 2 aromatic carbocycles. The fraction of sp³-hybridized carbons (Fsp3) is 0.125. The molecular weight excluding hydrogens is 252 g/mol. The van der Waals surface area contributed by atoms with E-state index in [9.17, 15) is 20.7 Å². The summed E-state index contributed by atoms with van der Waals surface area (Å²) in [5.74, 6) is -0.967. The minimum Gasteiger partial charge on any atom is -0.504 e. The molecule has 0 heterocycles. The molecule has 98 valence electrons. The van der Waals surface area contributed by atoms with Crippen LogP contribution in [0.2, 0.25) is 0 Å². The lowest BCUT2D eigenvalue weighted by Crippen LogP contribution is -1.93. The maximum absolute atomic E-state index is 9.80. The third kappa shape index (κ3) is 2.04. The zero-order valence-electron chi connectivity index (χ0n) is 11.1. The Balaban J connectivity index is 2.86. The molecule has 2 N–H and O–H groups in total. The highest BCUT2D eigenvalue weighted by molar-refractivity contribution is 5.81. The van der Waals surface area contributed by atoms with E-state index >= 15 is 0 Å². The number of nitriles is 2. The Hall–Kier alpha value is -2.98. The van der Waals surface area contributed by atoms with E-state index in [1.165, 1.54) is 6.07 Å². The van der Waals surface area contributed by atoms with Gasteiger partial charge in [0.1, 0.15) is 11.6 Å². The lowest BCUT2D eigenvalue weighted by molar-refractivity contribution is 0.402. The van der Waals surface area contributed by atoms with Crippen LogP contribution in [-0.4, -0.2) is 10.2 Å². The van der Waals surface area contributed by atoms with Crippen LogP contribution in [0.4, 0.5) is 0 Å². The van der Waals surface area contributed by atoms with Gasteiger partial charge in [-0.1, -0.05) is 18.2 Å². The maximum Gasteiger partial charge on any atom is 0.176 e. The van der Waals surface area contributed by atoms with Gasteiger partial charge in [0.15, 0.2) is 11.5 Å². The lowest BCUT2D eigenvalue weighted by Gasteiger charge is -2.11. The second-order valence-electron chi connectivity index (χ2n) is 4.56. The van der Waals surface area contributed by atoms with E-state index < -0.39 is 11.5 Å². The fourth-order valence-electron chi connectivity index (χ4n) is 2.05. The molecule has 0 bridgehead atoms. The zero-order valence-corrected chi connectivity index (χ0v) is 11.1. The molecule has 0 atom stereocenters. The molecule has 2 rings (SSSR count). The van der Waals surface area contributed by atoms with Gasteiger partial charge in [-0.05, 0) is 30.5 Å². The number of nitrogens with zero attached hydrogens (tertiary/aromatic N) is 2. The molecule has 0 spiro atoms. The Morgan fingerprint density at radius 2 is 1.65 bits per heavy atom. The van der Waals surface area contributed by atoms with Crippen molar-refractivity contribution >= 4 is 0 Å². The molecule has 4 nitrogen and oxygen atoms in total. The van der Waals surface area contributed by atoms with Crippen LogP contribution in [0.15, 0.2) is 24.3 Å².